The first-order valence-corrected chi connectivity index (χ1v) is 6.84. The van der Waals surface area contributed by atoms with Crippen molar-refractivity contribution in [1.29, 1.82) is 0 Å². The summed E-state index contributed by atoms with van der Waals surface area (Å²) in [5.41, 5.74) is 5.83. The Balaban J connectivity index is 4.56. The van der Waals surface area contributed by atoms with Gasteiger partial charge in [0, 0.05) is 0 Å². The smallest absolute Gasteiger partial charge is 0.00649 e. The van der Waals surface area contributed by atoms with Crippen molar-refractivity contribution in [3.63, 3.8) is 0 Å². The lowest BCUT2D eigenvalue weighted by Crippen LogP contribution is -1.89. The van der Waals surface area contributed by atoms with Gasteiger partial charge in [0.25, 0.3) is 0 Å². The van der Waals surface area contributed by atoms with Crippen molar-refractivity contribution in [2.24, 2.45) is 0 Å². The summed E-state index contributed by atoms with van der Waals surface area (Å²) in [5.74, 6) is 0. The van der Waals surface area contributed by atoms with E-state index in [0.717, 1.165) is 12.8 Å². The van der Waals surface area contributed by atoms with Crippen molar-refractivity contribution in [2.45, 2.75) is 73.6 Å². The normalized spacial score (nSPS) is 12.8. The maximum Gasteiger partial charge on any atom is -0.00649 e. The monoisotopic (exact) mass is 233 g/mol. The molecule has 1 radical (unpaired) electrons. The molecule has 0 aromatic heterocycles. The van der Waals surface area contributed by atoms with Crippen molar-refractivity contribution in [3.05, 3.63) is 34.4 Å². The van der Waals surface area contributed by atoms with Crippen LogP contribution in [-0.4, -0.2) is 0 Å². The molecule has 0 heteroatoms. The number of unbranched alkanes of at least 4 members (excludes halogenated alkanes) is 1. The fourth-order valence-electron chi connectivity index (χ4n) is 1.50. The first-order chi connectivity index (χ1) is 8.01. The van der Waals surface area contributed by atoms with Gasteiger partial charge in [0.05, 0.1) is 0 Å². The average molecular weight is 233 g/mol. The highest BCUT2D eigenvalue weighted by atomic mass is 14.1. The highest BCUT2D eigenvalue weighted by Gasteiger charge is 2.00. The van der Waals surface area contributed by atoms with Crippen LogP contribution < -0.4 is 0 Å². The van der Waals surface area contributed by atoms with Crippen LogP contribution in [0.25, 0.3) is 0 Å². The molecule has 0 spiro atoms. The van der Waals surface area contributed by atoms with Gasteiger partial charge in [0.15, 0.2) is 0 Å². The third-order valence-electron chi connectivity index (χ3n) is 3.27. The molecule has 0 aromatic carbocycles. The Morgan fingerprint density at radius 3 is 2.24 bits per heavy atom. The molecular formula is C17H29. The van der Waals surface area contributed by atoms with E-state index < -0.39 is 0 Å². The summed E-state index contributed by atoms with van der Waals surface area (Å²) in [5, 5.41) is 0. The number of rotatable bonds is 7. The molecule has 0 unspecified atom stereocenters. The van der Waals surface area contributed by atoms with Crippen LogP contribution in [0.4, 0.5) is 0 Å². The molecule has 0 saturated carbocycles. The van der Waals surface area contributed by atoms with Crippen molar-refractivity contribution in [2.75, 3.05) is 0 Å². The van der Waals surface area contributed by atoms with Crippen molar-refractivity contribution < 1.29 is 0 Å². The molecule has 0 N–H and O–H groups in total. The third kappa shape index (κ3) is 8.01. The van der Waals surface area contributed by atoms with Crippen LogP contribution in [-0.2, 0) is 0 Å². The van der Waals surface area contributed by atoms with Gasteiger partial charge in [-0.05, 0) is 66.4 Å². The zero-order chi connectivity index (χ0) is 13.3. The molecule has 0 bridgehead atoms. The highest BCUT2D eigenvalue weighted by molar-refractivity contribution is 5.15. The van der Waals surface area contributed by atoms with Crippen LogP contribution in [0.3, 0.4) is 0 Å². The maximum atomic E-state index is 3.62. The second kappa shape index (κ2) is 9.27. The predicted octanol–water partition coefficient (Wildman–Crippen LogP) is 6.01. The van der Waals surface area contributed by atoms with Gasteiger partial charge < -0.3 is 0 Å². The van der Waals surface area contributed by atoms with E-state index >= 15 is 0 Å². The molecule has 0 aliphatic heterocycles. The van der Waals surface area contributed by atoms with Crippen LogP contribution in [0.1, 0.15) is 73.6 Å². The third-order valence-corrected chi connectivity index (χ3v) is 3.27. The Bertz CT molecular complexity index is 296. The van der Waals surface area contributed by atoms with Crippen LogP contribution in [0.15, 0.2) is 28.4 Å². The lowest BCUT2D eigenvalue weighted by atomic mass is 9.98. The van der Waals surface area contributed by atoms with Crippen LogP contribution in [0.5, 0.6) is 0 Å². The molecule has 0 nitrogen and oxygen atoms in total. The lowest BCUT2D eigenvalue weighted by molar-refractivity contribution is 0.762. The largest absolute Gasteiger partial charge is 0.0884 e. The van der Waals surface area contributed by atoms with Gasteiger partial charge in [0.2, 0.25) is 0 Å². The Hall–Kier alpha value is -0.780. The van der Waals surface area contributed by atoms with E-state index in [0.29, 0.717) is 0 Å². The van der Waals surface area contributed by atoms with Gasteiger partial charge in [-0.2, -0.15) is 0 Å². The second-order valence-corrected chi connectivity index (χ2v) is 5.15. The van der Waals surface area contributed by atoms with Gasteiger partial charge in [-0.15, -0.1) is 0 Å². The summed E-state index contributed by atoms with van der Waals surface area (Å²) in [6.45, 7) is 13.2. The van der Waals surface area contributed by atoms with Crippen LogP contribution in [0, 0.1) is 6.08 Å². The Labute approximate surface area is 109 Å². The SMILES string of the molecule is CC=C(C)C/C(=[C]/CC(C)=C(C)C)CCCC. The van der Waals surface area contributed by atoms with Gasteiger partial charge in [0.1, 0.15) is 0 Å². The quantitative estimate of drug-likeness (QED) is 0.472. The first-order valence-electron chi connectivity index (χ1n) is 6.84. The number of allylic oxidation sites excluding steroid dienone is 6. The average Bonchev–Trinajstić information content (AvgIpc) is 2.31. The minimum absolute atomic E-state index is 0.998. The van der Waals surface area contributed by atoms with Crippen molar-refractivity contribution >= 4 is 0 Å². The summed E-state index contributed by atoms with van der Waals surface area (Å²) in [6.07, 6.45) is 11.7. The fourth-order valence-corrected chi connectivity index (χ4v) is 1.50. The summed E-state index contributed by atoms with van der Waals surface area (Å²) in [4.78, 5) is 0. The van der Waals surface area contributed by atoms with Crippen molar-refractivity contribution in [1.82, 2.24) is 0 Å². The molecule has 0 aliphatic carbocycles. The molecule has 0 aliphatic rings. The highest BCUT2D eigenvalue weighted by Crippen LogP contribution is 2.19. The molecule has 17 heavy (non-hydrogen) atoms. The molecule has 0 atom stereocenters. The van der Waals surface area contributed by atoms with Gasteiger partial charge in [-0.1, -0.05) is 41.7 Å². The Morgan fingerprint density at radius 2 is 1.76 bits per heavy atom. The summed E-state index contributed by atoms with van der Waals surface area (Å²) in [7, 11) is 0. The summed E-state index contributed by atoms with van der Waals surface area (Å²) < 4.78 is 0. The second-order valence-electron chi connectivity index (χ2n) is 5.15. The number of hydrogen-bond donors (Lipinski definition) is 0. The fraction of sp³-hybridized carbons (Fsp3) is 0.647. The molecule has 0 heterocycles. The Morgan fingerprint density at radius 1 is 1.12 bits per heavy atom. The minimum atomic E-state index is 0.998. The molecule has 97 valence electrons. The minimum Gasteiger partial charge on any atom is -0.0884 e. The number of hydrogen-bond acceptors (Lipinski definition) is 0. The van der Waals surface area contributed by atoms with E-state index in [4.69, 9.17) is 0 Å². The topological polar surface area (TPSA) is 0 Å². The molecule has 0 amide bonds. The molecule has 0 rings (SSSR count). The van der Waals surface area contributed by atoms with Crippen LogP contribution in [0.2, 0.25) is 0 Å². The van der Waals surface area contributed by atoms with E-state index in [1.54, 1.807) is 0 Å². The predicted molar refractivity (Wildman–Crippen MR) is 79.0 cm³/mol. The molecule has 0 aromatic rings. The van der Waals surface area contributed by atoms with Gasteiger partial charge >= 0.3 is 0 Å². The molecular weight excluding hydrogens is 204 g/mol. The van der Waals surface area contributed by atoms with Gasteiger partial charge in [-0.3, -0.25) is 0 Å². The van der Waals surface area contributed by atoms with E-state index in [-0.39, 0.29) is 0 Å². The zero-order valence-electron chi connectivity index (χ0n) is 12.6. The summed E-state index contributed by atoms with van der Waals surface area (Å²) >= 11 is 0. The van der Waals surface area contributed by atoms with E-state index in [2.05, 4.69) is 53.7 Å². The summed E-state index contributed by atoms with van der Waals surface area (Å²) in [6, 6.07) is 0. The van der Waals surface area contributed by atoms with E-state index in [1.807, 2.05) is 0 Å². The van der Waals surface area contributed by atoms with Gasteiger partial charge in [-0.25, -0.2) is 0 Å². The van der Waals surface area contributed by atoms with E-state index in [1.165, 1.54) is 41.6 Å². The molecule has 0 fully saturated rings. The van der Waals surface area contributed by atoms with Crippen molar-refractivity contribution in [3.8, 4) is 0 Å². The Kier molecular flexibility index (Phi) is 8.85. The first kappa shape index (κ1) is 16.2. The van der Waals surface area contributed by atoms with E-state index in [9.17, 15) is 0 Å². The molecule has 0 saturated heterocycles. The maximum absolute atomic E-state index is 3.62. The van der Waals surface area contributed by atoms with Crippen LogP contribution >= 0.6 is 0 Å². The zero-order valence-corrected chi connectivity index (χ0v) is 12.6. The standard InChI is InChI=1S/C17H29/c1-7-9-10-17(13-15(5)8-2)12-11-16(6)14(3)4/h8H,7,9-11,13H2,1-6H3. The lowest BCUT2D eigenvalue weighted by Gasteiger charge is -2.08.